The summed E-state index contributed by atoms with van der Waals surface area (Å²) in [5.41, 5.74) is 2.71. The quantitative estimate of drug-likeness (QED) is 0.549. The molecule has 3 aromatic rings. The highest BCUT2D eigenvalue weighted by atomic mass is 19.1. The first-order chi connectivity index (χ1) is 15.0. The molecule has 6 heteroatoms. The van der Waals surface area contributed by atoms with Gasteiger partial charge in [0.15, 0.2) is 0 Å². The highest BCUT2D eigenvalue weighted by molar-refractivity contribution is 5.67. The van der Waals surface area contributed by atoms with E-state index in [1.807, 2.05) is 54.6 Å². The van der Waals surface area contributed by atoms with E-state index in [2.05, 4.69) is 0 Å². The lowest BCUT2D eigenvalue weighted by atomic mass is 9.78. The first-order valence-corrected chi connectivity index (χ1v) is 10.2. The Hall–Kier alpha value is -3.38. The number of rotatable bonds is 8. The fourth-order valence-electron chi connectivity index (χ4n) is 4.07. The Balaban J connectivity index is 1.52. The molecule has 1 fully saturated rings. The van der Waals surface area contributed by atoms with Gasteiger partial charge in [0.05, 0.1) is 6.04 Å². The van der Waals surface area contributed by atoms with Gasteiger partial charge in [0.1, 0.15) is 24.4 Å². The van der Waals surface area contributed by atoms with E-state index < -0.39 is 12.2 Å². The largest absolute Gasteiger partial charge is 0.489 e. The average Bonchev–Trinajstić information content (AvgIpc) is 2.78. The molecule has 1 saturated heterocycles. The average molecular weight is 421 g/mol. The molecule has 31 heavy (non-hydrogen) atoms. The molecule has 0 bridgehead atoms. The molecule has 0 radical (unpaired) electrons. The zero-order valence-corrected chi connectivity index (χ0v) is 16.9. The van der Waals surface area contributed by atoms with Gasteiger partial charge < -0.3 is 19.8 Å². The van der Waals surface area contributed by atoms with Crippen LogP contribution in [0.25, 0.3) is 0 Å². The minimum Gasteiger partial charge on any atom is -0.489 e. The number of aliphatic hydroxyl groups excluding tert-OH is 1. The van der Waals surface area contributed by atoms with Crippen LogP contribution >= 0.6 is 0 Å². The summed E-state index contributed by atoms with van der Waals surface area (Å²) < 4.78 is 19.2. The first-order valence-electron chi connectivity index (χ1n) is 10.2. The molecule has 0 aromatic heterocycles. The van der Waals surface area contributed by atoms with Crippen molar-refractivity contribution in [2.24, 2.45) is 5.92 Å². The van der Waals surface area contributed by atoms with Crippen LogP contribution in [0.5, 0.6) is 5.75 Å². The Morgan fingerprint density at radius 1 is 0.968 bits per heavy atom. The van der Waals surface area contributed by atoms with Crippen LogP contribution < -0.4 is 9.64 Å². The van der Waals surface area contributed by atoms with E-state index in [-0.39, 0.29) is 24.2 Å². The topological polar surface area (TPSA) is 70.0 Å². The molecule has 1 aliphatic heterocycles. The van der Waals surface area contributed by atoms with Crippen molar-refractivity contribution in [2.45, 2.75) is 31.7 Å². The van der Waals surface area contributed by atoms with Crippen molar-refractivity contribution < 1.29 is 24.1 Å². The van der Waals surface area contributed by atoms with Gasteiger partial charge in [-0.25, -0.2) is 4.39 Å². The third-order valence-electron chi connectivity index (χ3n) is 5.66. The summed E-state index contributed by atoms with van der Waals surface area (Å²) in [6, 6.07) is 23.2. The van der Waals surface area contributed by atoms with Gasteiger partial charge in [-0.3, -0.25) is 4.79 Å². The summed E-state index contributed by atoms with van der Waals surface area (Å²) in [6.07, 6.45) is -0.498. The monoisotopic (exact) mass is 421 g/mol. The highest BCUT2D eigenvalue weighted by Crippen LogP contribution is 2.48. The summed E-state index contributed by atoms with van der Waals surface area (Å²) in [5, 5.41) is 19.8. The minimum absolute atomic E-state index is 0.0201. The van der Waals surface area contributed by atoms with E-state index in [4.69, 9.17) is 9.84 Å². The molecule has 0 amide bonds. The second-order valence-corrected chi connectivity index (χ2v) is 7.68. The van der Waals surface area contributed by atoms with Gasteiger partial charge in [-0.1, -0.05) is 42.5 Å². The normalized spacial score (nSPS) is 20.2. The van der Waals surface area contributed by atoms with Crippen LogP contribution in [0, 0.1) is 11.7 Å². The maximum Gasteiger partial charge on any atom is 0.303 e. The van der Waals surface area contributed by atoms with E-state index in [9.17, 15) is 14.3 Å². The zero-order chi connectivity index (χ0) is 21.8. The fourth-order valence-corrected chi connectivity index (χ4v) is 4.07. The molecule has 3 atom stereocenters. The van der Waals surface area contributed by atoms with Crippen molar-refractivity contribution in [3.05, 3.63) is 95.8 Å². The molecule has 1 heterocycles. The summed E-state index contributed by atoms with van der Waals surface area (Å²) in [6.45, 7) is 0.464. The number of halogens is 1. The molecule has 2 N–H and O–H groups in total. The number of benzene rings is 3. The van der Waals surface area contributed by atoms with Gasteiger partial charge in [0, 0.05) is 18.0 Å². The highest BCUT2D eigenvalue weighted by Gasteiger charge is 2.48. The van der Waals surface area contributed by atoms with Crippen molar-refractivity contribution in [3.63, 3.8) is 0 Å². The Morgan fingerprint density at radius 3 is 2.29 bits per heavy atom. The predicted molar refractivity (Wildman–Crippen MR) is 115 cm³/mol. The summed E-state index contributed by atoms with van der Waals surface area (Å²) in [7, 11) is 0. The van der Waals surface area contributed by atoms with Gasteiger partial charge >= 0.3 is 5.97 Å². The van der Waals surface area contributed by atoms with Crippen molar-refractivity contribution in [2.75, 3.05) is 4.90 Å². The minimum atomic E-state index is -0.893. The number of anilines is 1. The smallest absolute Gasteiger partial charge is 0.303 e. The zero-order valence-electron chi connectivity index (χ0n) is 16.9. The number of hydrogen-bond donors (Lipinski definition) is 2. The third kappa shape index (κ3) is 4.70. The molecular formula is C25H24FNO4. The first kappa shape index (κ1) is 20.9. The van der Waals surface area contributed by atoms with Crippen LogP contribution in [0.15, 0.2) is 78.9 Å². The van der Waals surface area contributed by atoms with Crippen LogP contribution in [0.3, 0.4) is 0 Å². The van der Waals surface area contributed by atoms with E-state index in [0.717, 1.165) is 16.9 Å². The predicted octanol–water partition coefficient (Wildman–Crippen LogP) is 4.77. The van der Waals surface area contributed by atoms with Gasteiger partial charge in [0.2, 0.25) is 0 Å². The number of carboxylic acids is 1. The van der Waals surface area contributed by atoms with Crippen molar-refractivity contribution in [1.82, 2.24) is 0 Å². The van der Waals surface area contributed by atoms with Gasteiger partial charge in [0.25, 0.3) is 0 Å². The van der Waals surface area contributed by atoms with Crippen molar-refractivity contribution >= 4 is 11.7 Å². The maximum absolute atomic E-state index is 13.4. The van der Waals surface area contributed by atoms with Crippen LogP contribution in [0.1, 0.15) is 30.0 Å². The molecule has 0 aliphatic carbocycles. The second kappa shape index (κ2) is 9.18. The van der Waals surface area contributed by atoms with Crippen LogP contribution in [0.4, 0.5) is 10.1 Å². The van der Waals surface area contributed by atoms with Crippen LogP contribution in [-0.2, 0) is 11.4 Å². The van der Waals surface area contributed by atoms with Crippen molar-refractivity contribution in [1.29, 1.82) is 0 Å². The molecule has 2 unspecified atom stereocenters. The third-order valence-corrected chi connectivity index (χ3v) is 5.66. The van der Waals surface area contributed by atoms with Crippen molar-refractivity contribution in [3.8, 4) is 5.75 Å². The van der Waals surface area contributed by atoms with Gasteiger partial charge in [-0.15, -0.1) is 0 Å². The number of carboxylic acid groups (broad SMARTS) is 1. The Bertz CT molecular complexity index is 1010. The van der Waals surface area contributed by atoms with Crippen LogP contribution in [0.2, 0.25) is 0 Å². The Kier molecular flexibility index (Phi) is 6.18. The van der Waals surface area contributed by atoms with Crippen LogP contribution in [-0.4, -0.2) is 22.4 Å². The number of hydrogen-bond acceptors (Lipinski definition) is 4. The molecule has 5 nitrogen and oxygen atoms in total. The van der Waals surface area contributed by atoms with Gasteiger partial charge in [-0.05, 0) is 53.9 Å². The number of nitrogens with zero attached hydrogens (tertiary/aromatic N) is 1. The Morgan fingerprint density at radius 2 is 1.65 bits per heavy atom. The number of aliphatic hydroxyl groups is 1. The maximum atomic E-state index is 13.4. The molecule has 0 saturated carbocycles. The molecule has 160 valence electrons. The molecule has 4 rings (SSSR count). The molecule has 1 aliphatic rings. The van der Waals surface area contributed by atoms with E-state index in [1.54, 1.807) is 17.0 Å². The molecular weight excluding hydrogens is 397 g/mol. The lowest BCUT2D eigenvalue weighted by molar-refractivity contribution is -0.138. The van der Waals surface area contributed by atoms with E-state index >= 15 is 0 Å². The van der Waals surface area contributed by atoms with Gasteiger partial charge in [-0.2, -0.15) is 0 Å². The lowest BCUT2D eigenvalue weighted by Gasteiger charge is -2.54. The summed E-state index contributed by atoms with van der Waals surface area (Å²) >= 11 is 0. The number of aliphatic carboxylic acids is 1. The summed E-state index contributed by atoms with van der Waals surface area (Å²) in [5.74, 6) is -0.756. The number of ether oxygens (including phenoxy) is 1. The standard InChI is InChI=1S/C25H24FNO4/c26-19-8-10-20(11-9-19)27-24(22(25(27)30)14-15-23(28)29)18-6-12-21(13-7-18)31-16-17-4-2-1-3-5-17/h1-13,22,24-25,30H,14-16H2,(H,28,29)/t22?,24-,25?/m1/s1. The number of carbonyl (C=O) groups is 1. The SMILES string of the molecule is O=C(O)CCC1C(O)N(c2ccc(F)cc2)[C@@H]1c1ccc(OCc2ccccc2)cc1. The van der Waals surface area contributed by atoms with E-state index in [1.165, 1.54) is 12.1 Å². The molecule has 0 spiro atoms. The van der Waals surface area contributed by atoms with E-state index in [0.29, 0.717) is 18.7 Å². The fraction of sp³-hybridized carbons (Fsp3) is 0.240. The molecule has 3 aromatic carbocycles. The second-order valence-electron chi connectivity index (χ2n) is 7.68. The Labute approximate surface area is 180 Å². The summed E-state index contributed by atoms with van der Waals surface area (Å²) in [4.78, 5) is 12.9. The lowest BCUT2D eigenvalue weighted by Crippen LogP contribution is -2.58.